The summed E-state index contributed by atoms with van der Waals surface area (Å²) in [7, 11) is 1.81. The van der Waals surface area contributed by atoms with Gasteiger partial charge in [-0.25, -0.2) is 0 Å². The van der Waals surface area contributed by atoms with Gasteiger partial charge in [-0.15, -0.1) is 10.2 Å². The maximum absolute atomic E-state index is 12.8. The van der Waals surface area contributed by atoms with Crippen molar-refractivity contribution < 1.29 is 9.21 Å². The summed E-state index contributed by atoms with van der Waals surface area (Å²) >= 11 is 7.31. The number of nitriles is 1. The third-order valence-corrected chi connectivity index (χ3v) is 5.01. The van der Waals surface area contributed by atoms with Crippen molar-refractivity contribution in [2.24, 2.45) is 7.05 Å². The number of amides is 1. The van der Waals surface area contributed by atoms with Gasteiger partial charge in [0.25, 0.3) is 0 Å². The molecule has 0 saturated heterocycles. The molecule has 2 aromatic heterocycles. The van der Waals surface area contributed by atoms with E-state index in [0.29, 0.717) is 34.0 Å². The van der Waals surface area contributed by atoms with E-state index in [1.165, 1.54) is 11.8 Å². The van der Waals surface area contributed by atoms with Crippen LogP contribution in [-0.4, -0.2) is 33.0 Å². The number of anilines is 1. The van der Waals surface area contributed by atoms with E-state index >= 15 is 0 Å². The molecular weight excluding hydrogens is 386 g/mol. The quantitative estimate of drug-likeness (QED) is 0.560. The smallest absolute Gasteiger partial charge is 0.237 e. The Morgan fingerprint density at radius 3 is 2.93 bits per heavy atom. The molecule has 0 unspecified atom stereocenters. The van der Waals surface area contributed by atoms with Gasteiger partial charge < -0.3 is 13.9 Å². The lowest BCUT2D eigenvalue weighted by Crippen LogP contribution is -2.33. The van der Waals surface area contributed by atoms with E-state index in [4.69, 9.17) is 21.3 Å². The molecule has 0 fully saturated rings. The SMILES string of the molecule is Cn1c(SCC(=O)N(CCC#N)c2cccc(Cl)c2)nnc1-c1ccco1. The van der Waals surface area contributed by atoms with Gasteiger partial charge in [0.1, 0.15) is 0 Å². The number of aromatic nitrogens is 3. The summed E-state index contributed by atoms with van der Waals surface area (Å²) in [5, 5.41) is 18.3. The first kappa shape index (κ1) is 19.0. The lowest BCUT2D eigenvalue weighted by Gasteiger charge is -2.21. The van der Waals surface area contributed by atoms with Gasteiger partial charge in [0.05, 0.1) is 24.5 Å². The Hall–Kier alpha value is -2.76. The molecule has 0 N–H and O–H groups in total. The molecule has 0 aliphatic heterocycles. The third kappa shape index (κ3) is 4.51. The molecule has 0 aliphatic rings. The Morgan fingerprint density at radius 2 is 2.22 bits per heavy atom. The molecule has 0 atom stereocenters. The van der Waals surface area contributed by atoms with Crippen LogP contribution in [0.2, 0.25) is 5.02 Å². The molecule has 3 rings (SSSR count). The second kappa shape index (κ2) is 8.75. The number of carbonyl (C=O) groups is 1. The van der Waals surface area contributed by atoms with E-state index in [2.05, 4.69) is 16.3 Å². The zero-order chi connectivity index (χ0) is 19.2. The summed E-state index contributed by atoms with van der Waals surface area (Å²) in [4.78, 5) is 14.3. The maximum atomic E-state index is 12.8. The summed E-state index contributed by atoms with van der Waals surface area (Å²) in [6.07, 6.45) is 1.80. The van der Waals surface area contributed by atoms with Gasteiger partial charge in [0.2, 0.25) is 5.91 Å². The highest BCUT2D eigenvalue weighted by molar-refractivity contribution is 7.99. The summed E-state index contributed by atoms with van der Waals surface area (Å²) < 4.78 is 7.11. The van der Waals surface area contributed by atoms with Crippen LogP contribution in [0.3, 0.4) is 0 Å². The zero-order valence-corrected chi connectivity index (χ0v) is 16.1. The second-order valence-electron chi connectivity index (χ2n) is 5.56. The number of nitrogens with zero attached hydrogens (tertiary/aromatic N) is 5. The largest absolute Gasteiger partial charge is 0.461 e. The van der Waals surface area contributed by atoms with Crippen molar-refractivity contribution >= 4 is 35.0 Å². The highest BCUT2D eigenvalue weighted by Gasteiger charge is 2.19. The van der Waals surface area contributed by atoms with E-state index in [0.717, 1.165) is 0 Å². The topological polar surface area (TPSA) is 88.0 Å². The highest BCUT2D eigenvalue weighted by Crippen LogP contribution is 2.25. The van der Waals surface area contributed by atoms with Crippen molar-refractivity contribution in [3.63, 3.8) is 0 Å². The van der Waals surface area contributed by atoms with Crippen LogP contribution >= 0.6 is 23.4 Å². The average molecular weight is 402 g/mol. The number of benzene rings is 1. The fourth-order valence-electron chi connectivity index (χ4n) is 2.47. The molecule has 7 nitrogen and oxygen atoms in total. The minimum atomic E-state index is -0.139. The molecule has 3 aromatic rings. The molecule has 0 bridgehead atoms. The molecule has 27 heavy (non-hydrogen) atoms. The Kier molecular flexibility index (Phi) is 6.16. The van der Waals surface area contributed by atoms with Crippen LogP contribution in [0, 0.1) is 11.3 Å². The van der Waals surface area contributed by atoms with E-state index < -0.39 is 0 Å². The van der Waals surface area contributed by atoms with E-state index in [9.17, 15) is 4.79 Å². The Bertz CT molecular complexity index is 965. The Labute approximate surface area is 165 Å². The maximum Gasteiger partial charge on any atom is 0.237 e. The van der Waals surface area contributed by atoms with E-state index in [1.807, 2.05) is 7.05 Å². The van der Waals surface area contributed by atoms with Crippen LogP contribution in [0.15, 0.2) is 52.2 Å². The van der Waals surface area contributed by atoms with Gasteiger partial charge in [-0.2, -0.15) is 5.26 Å². The number of hydrogen-bond acceptors (Lipinski definition) is 6. The van der Waals surface area contributed by atoms with Gasteiger partial charge in [-0.3, -0.25) is 4.79 Å². The van der Waals surface area contributed by atoms with Crippen LogP contribution in [-0.2, 0) is 11.8 Å². The molecule has 0 spiro atoms. The van der Waals surface area contributed by atoms with E-state index in [-0.39, 0.29) is 18.1 Å². The van der Waals surface area contributed by atoms with Crippen molar-refractivity contribution in [1.82, 2.24) is 14.8 Å². The Morgan fingerprint density at radius 1 is 1.37 bits per heavy atom. The van der Waals surface area contributed by atoms with Crippen LogP contribution in [0.4, 0.5) is 5.69 Å². The molecule has 1 aromatic carbocycles. The standard InChI is InChI=1S/C18H16ClN5O2S/c1-23-17(15-7-3-10-26-15)21-22-18(23)27-12-16(25)24(9-4-8-20)14-6-2-5-13(19)11-14/h2-3,5-7,10-11H,4,9,12H2,1H3. The van der Waals surface area contributed by atoms with Crippen molar-refractivity contribution in [1.29, 1.82) is 5.26 Å². The molecule has 9 heteroatoms. The minimum absolute atomic E-state index is 0.139. The second-order valence-corrected chi connectivity index (χ2v) is 6.94. The van der Waals surface area contributed by atoms with Crippen LogP contribution in [0.5, 0.6) is 0 Å². The van der Waals surface area contributed by atoms with Crippen molar-refractivity contribution in [2.75, 3.05) is 17.2 Å². The van der Waals surface area contributed by atoms with Gasteiger partial charge in [-0.1, -0.05) is 29.4 Å². The summed E-state index contributed by atoms with van der Waals surface area (Å²) in [5.74, 6) is 1.21. The molecule has 138 valence electrons. The lowest BCUT2D eigenvalue weighted by molar-refractivity contribution is -0.116. The predicted molar refractivity (Wildman–Crippen MR) is 103 cm³/mol. The van der Waals surface area contributed by atoms with Crippen LogP contribution in [0.1, 0.15) is 6.42 Å². The number of hydrogen-bond donors (Lipinski definition) is 0. The first-order chi connectivity index (χ1) is 13.1. The van der Waals surface area contributed by atoms with Gasteiger partial charge >= 0.3 is 0 Å². The zero-order valence-electron chi connectivity index (χ0n) is 14.5. The highest BCUT2D eigenvalue weighted by atomic mass is 35.5. The molecule has 0 aliphatic carbocycles. The number of carbonyl (C=O) groups excluding carboxylic acids is 1. The molecule has 1 amide bonds. The fourth-order valence-corrected chi connectivity index (χ4v) is 3.44. The normalized spacial score (nSPS) is 10.6. The summed E-state index contributed by atoms with van der Waals surface area (Å²) in [6, 6.07) is 12.7. The first-order valence-corrected chi connectivity index (χ1v) is 9.45. The number of halogens is 1. The predicted octanol–water partition coefficient (Wildman–Crippen LogP) is 3.77. The minimum Gasteiger partial charge on any atom is -0.461 e. The monoisotopic (exact) mass is 401 g/mol. The Balaban J connectivity index is 1.72. The molecule has 0 radical (unpaired) electrons. The van der Waals surface area contributed by atoms with Gasteiger partial charge in [-0.05, 0) is 30.3 Å². The van der Waals surface area contributed by atoms with Gasteiger partial charge in [0, 0.05) is 24.3 Å². The number of furan rings is 1. The molecular formula is C18H16ClN5O2S. The average Bonchev–Trinajstić information content (AvgIpc) is 3.30. The van der Waals surface area contributed by atoms with Crippen LogP contribution in [0.25, 0.3) is 11.6 Å². The van der Waals surface area contributed by atoms with E-state index in [1.54, 1.807) is 52.1 Å². The number of rotatable bonds is 7. The van der Waals surface area contributed by atoms with Crippen molar-refractivity contribution in [2.45, 2.75) is 11.6 Å². The van der Waals surface area contributed by atoms with Crippen LogP contribution < -0.4 is 4.90 Å². The fraction of sp³-hybridized carbons (Fsp3) is 0.222. The third-order valence-electron chi connectivity index (χ3n) is 3.77. The molecule has 2 heterocycles. The summed E-state index contributed by atoms with van der Waals surface area (Å²) in [5.41, 5.74) is 0.664. The molecule has 0 saturated carbocycles. The van der Waals surface area contributed by atoms with Gasteiger partial charge in [0.15, 0.2) is 16.7 Å². The van der Waals surface area contributed by atoms with Crippen molar-refractivity contribution in [3.8, 4) is 17.7 Å². The van der Waals surface area contributed by atoms with Crippen molar-refractivity contribution in [3.05, 3.63) is 47.7 Å². The number of thioether (sulfide) groups is 1. The first-order valence-electron chi connectivity index (χ1n) is 8.09. The lowest BCUT2D eigenvalue weighted by atomic mass is 10.2. The summed E-state index contributed by atoms with van der Waals surface area (Å²) in [6.45, 7) is 0.298.